The maximum atomic E-state index is 14.5. The maximum Gasteiger partial charge on any atom is 0.305 e. The lowest BCUT2D eigenvalue weighted by Gasteiger charge is -2.68. The molecule has 2 unspecified atom stereocenters. The highest BCUT2D eigenvalue weighted by molar-refractivity contribution is 5.91. The van der Waals surface area contributed by atoms with Crippen LogP contribution in [0.15, 0.2) is 11.1 Å². The van der Waals surface area contributed by atoms with E-state index in [1.54, 1.807) is 13.8 Å². The second-order valence-electron chi connectivity index (χ2n) is 12.0. The van der Waals surface area contributed by atoms with Crippen LogP contribution < -0.4 is 0 Å². The van der Waals surface area contributed by atoms with Crippen LogP contribution in [-0.2, 0) is 28.6 Å². The van der Waals surface area contributed by atoms with Crippen LogP contribution in [0.2, 0.25) is 0 Å². The van der Waals surface area contributed by atoms with Gasteiger partial charge in [0.05, 0.1) is 18.6 Å². The number of carbonyl (C=O) groups is 3. The van der Waals surface area contributed by atoms with E-state index in [1.807, 2.05) is 34.6 Å². The first-order valence-electron chi connectivity index (χ1n) is 12.8. The van der Waals surface area contributed by atoms with Crippen LogP contribution in [-0.4, -0.2) is 64.1 Å². The van der Waals surface area contributed by atoms with Crippen LogP contribution in [0.5, 0.6) is 0 Å². The highest BCUT2D eigenvalue weighted by Crippen LogP contribution is 2.65. The van der Waals surface area contributed by atoms with E-state index in [-0.39, 0.29) is 31.1 Å². The summed E-state index contributed by atoms with van der Waals surface area (Å²) in [5, 5.41) is 23.7. The summed E-state index contributed by atoms with van der Waals surface area (Å²) in [5.74, 6) is -2.78. The number of Topliss-reactive ketones (excluding diaryl/α,β-unsaturated/α-hetero) is 1. The van der Waals surface area contributed by atoms with Crippen molar-refractivity contribution in [2.24, 2.45) is 28.6 Å². The molecule has 3 fully saturated rings. The standard InChI is InChI=1S/C27H40O8/c1-9-19(30)34-23-21-25(8,13(2)10-18-26(21,12-33-18)35-16(5)28)22(31)15(4)20-14(3)17(29)11-27(23,32)24(20,6)7/h13,15,17-18,21,23,29,32H,9-12H2,1-8H3/t13-,15+,17-,18+,21?,23?,25+,26-,27+/m0/s1. The van der Waals surface area contributed by atoms with E-state index >= 15 is 0 Å². The average Bonchev–Trinajstić information content (AvgIpc) is 2.76. The van der Waals surface area contributed by atoms with Crippen molar-refractivity contribution >= 4 is 17.7 Å². The SMILES string of the molecule is CCC(=O)OC1C2[C@](C)(C(=O)[C@H](C)C3=C(C)[C@@H](O)C[C@]1(O)C3(C)C)[C@@H](C)C[C@H]1OC[C@@]21OC(C)=O. The fourth-order valence-electron chi connectivity index (χ4n) is 7.92. The molecule has 35 heavy (non-hydrogen) atoms. The summed E-state index contributed by atoms with van der Waals surface area (Å²) in [6, 6.07) is 0. The molecule has 2 N–H and O–H groups in total. The lowest BCUT2D eigenvalue weighted by Crippen LogP contribution is -2.80. The molecule has 8 nitrogen and oxygen atoms in total. The molecule has 4 aliphatic rings. The third-order valence-electron chi connectivity index (χ3n) is 10.0. The van der Waals surface area contributed by atoms with E-state index < -0.39 is 64.1 Å². The van der Waals surface area contributed by atoms with Gasteiger partial charge < -0.3 is 24.4 Å². The van der Waals surface area contributed by atoms with Gasteiger partial charge in [-0.25, -0.2) is 0 Å². The number of aliphatic hydroxyl groups excluding tert-OH is 1. The zero-order valence-corrected chi connectivity index (χ0v) is 22.1. The van der Waals surface area contributed by atoms with Crippen molar-refractivity contribution in [1.82, 2.24) is 0 Å². The number of hydrogen-bond donors (Lipinski definition) is 2. The molecule has 0 aromatic heterocycles. The van der Waals surface area contributed by atoms with Crippen molar-refractivity contribution < 1.29 is 38.8 Å². The Kier molecular flexibility index (Phi) is 6.10. The van der Waals surface area contributed by atoms with Crippen LogP contribution in [0.1, 0.15) is 74.7 Å². The van der Waals surface area contributed by atoms with Gasteiger partial charge in [0.25, 0.3) is 0 Å². The van der Waals surface area contributed by atoms with Gasteiger partial charge in [0, 0.05) is 36.5 Å². The summed E-state index contributed by atoms with van der Waals surface area (Å²) >= 11 is 0. The Hall–Kier alpha value is -1.77. The van der Waals surface area contributed by atoms with Gasteiger partial charge in [-0.1, -0.05) is 41.5 Å². The zero-order chi connectivity index (χ0) is 26.3. The number of carbonyl (C=O) groups excluding carboxylic acids is 3. The molecule has 2 bridgehead atoms. The van der Waals surface area contributed by atoms with Crippen molar-refractivity contribution in [2.75, 3.05) is 6.61 Å². The summed E-state index contributed by atoms with van der Waals surface area (Å²) in [7, 11) is 0. The first-order valence-corrected chi connectivity index (χ1v) is 12.8. The summed E-state index contributed by atoms with van der Waals surface area (Å²) in [4.78, 5) is 39.7. The molecule has 0 aromatic rings. The molecule has 0 spiro atoms. The van der Waals surface area contributed by atoms with Gasteiger partial charge in [-0.3, -0.25) is 14.4 Å². The number of hydrogen-bond acceptors (Lipinski definition) is 8. The van der Waals surface area contributed by atoms with E-state index in [4.69, 9.17) is 14.2 Å². The van der Waals surface area contributed by atoms with Crippen LogP contribution >= 0.6 is 0 Å². The van der Waals surface area contributed by atoms with Gasteiger partial charge in [-0.15, -0.1) is 0 Å². The van der Waals surface area contributed by atoms with E-state index in [0.29, 0.717) is 17.6 Å². The van der Waals surface area contributed by atoms with Gasteiger partial charge in [0.15, 0.2) is 5.60 Å². The molecule has 1 saturated heterocycles. The molecule has 8 heteroatoms. The Morgan fingerprint density at radius 1 is 1.20 bits per heavy atom. The average molecular weight is 493 g/mol. The van der Waals surface area contributed by atoms with Crippen molar-refractivity contribution in [3.05, 3.63) is 11.1 Å². The summed E-state index contributed by atoms with van der Waals surface area (Å²) in [5.41, 5.74) is -3.70. The third kappa shape index (κ3) is 3.25. The van der Waals surface area contributed by atoms with E-state index in [1.165, 1.54) is 6.92 Å². The van der Waals surface area contributed by atoms with Crippen LogP contribution in [0.25, 0.3) is 0 Å². The van der Waals surface area contributed by atoms with Crippen LogP contribution in [0.4, 0.5) is 0 Å². The minimum Gasteiger partial charge on any atom is -0.459 e. The molecule has 3 aliphatic carbocycles. The van der Waals surface area contributed by atoms with Gasteiger partial charge in [0.1, 0.15) is 23.6 Å². The molecule has 196 valence electrons. The van der Waals surface area contributed by atoms with Gasteiger partial charge in [0.2, 0.25) is 0 Å². The molecule has 1 heterocycles. The minimum atomic E-state index is -1.72. The molecule has 2 saturated carbocycles. The second kappa shape index (κ2) is 8.12. The fraction of sp³-hybridized carbons (Fsp3) is 0.815. The fourth-order valence-corrected chi connectivity index (χ4v) is 7.92. The van der Waals surface area contributed by atoms with E-state index in [2.05, 4.69) is 0 Å². The molecular formula is C27H40O8. The molecule has 0 aromatic carbocycles. The van der Waals surface area contributed by atoms with Gasteiger partial charge in [-0.2, -0.15) is 0 Å². The number of esters is 2. The van der Waals surface area contributed by atoms with Crippen LogP contribution in [0, 0.1) is 28.6 Å². The normalized spacial score (nSPS) is 46.4. The lowest BCUT2D eigenvalue weighted by atomic mass is 9.42. The number of fused-ring (bicyclic) bond motifs is 5. The largest absolute Gasteiger partial charge is 0.459 e. The van der Waals surface area contributed by atoms with E-state index in [9.17, 15) is 24.6 Å². The topological polar surface area (TPSA) is 119 Å². The Morgan fingerprint density at radius 3 is 2.34 bits per heavy atom. The maximum absolute atomic E-state index is 14.5. The predicted octanol–water partition coefficient (Wildman–Crippen LogP) is 2.73. The number of rotatable bonds is 3. The highest BCUT2D eigenvalue weighted by Gasteiger charge is 2.76. The summed E-state index contributed by atoms with van der Waals surface area (Å²) in [6.45, 7) is 14.2. The predicted molar refractivity (Wildman–Crippen MR) is 126 cm³/mol. The number of ether oxygens (including phenoxy) is 3. The second-order valence-corrected chi connectivity index (χ2v) is 12.0. The number of ketones is 1. The summed E-state index contributed by atoms with van der Waals surface area (Å²) in [6.07, 6.45) is -2.21. The van der Waals surface area contributed by atoms with Gasteiger partial charge in [-0.05, 0) is 30.4 Å². The Bertz CT molecular complexity index is 984. The third-order valence-corrected chi connectivity index (χ3v) is 10.0. The number of aliphatic hydroxyl groups is 2. The van der Waals surface area contributed by atoms with Crippen molar-refractivity contribution in [3.8, 4) is 0 Å². The van der Waals surface area contributed by atoms with Crippen molar-refractivity contribution in [2.45, 2.75) is 104 Å². The molecule has 4 rings (SSSR count). The molecular weight excluding hydrogens is 452 g/mol. The quantitative estimate of drug-likeness (QED) is 0.456. The van der Waals surface area contributed by atoms with Crippen molar-refractivity contribution in [1.29, 1.82) is 0 Å². The monoisotopic (exact) mass is 492 g/mol. The first-order chi connectivity index (χ1) is 16.1. The van der Waals surface area contributed by atoms with Crippen molar-refractivity contribution in [3.63, 3.8) is 0 Å². The van der Waals surface area contributed by atoms with Gasteiger partial charge >= 0.3 is 11.9 Å². The molecule has 9 atom stereocenters. The molecule has 0 amide bonds. The van der Waals surface area contributed by atoms with Crippen LogP contribution in [0.3, 0.4) is 0 Å². The Morgan fingerprint density at radius 2 is 1.83 bits per heavy atom. The minimum absolute atomic E-state index is 0.0485. The lowest BCUT2D eigenvalue weighted by molar-refractivity contribution is -0.341. The smallest absolute Gasteiger partial charge is 0.305 e. The Balaban J connectivity index is 2.08. The summed E-state index contributed by atoms with van der Waals surface area (Å²) < 4.78 is 18.0. The molecule has 1 aliphatic heterocycles. The Labute approximate surface area is 207 Å². The first kappa shape index (κ1) is 26.3. The zero-order valence-electron chi connectivity index (χ0n) is 22.1. The molecule has 0 radical (unpaired) electrons. The van der Waals surface area contributed by atoms with E-state index in [0.717, 1.165) is 0 Å². The highest BCUT2D eigenvalue weighted by atomic mass is 16.6.